The van der Waals surface area contributed by atoms with Gasteiger partial charge >= 0.3 is 12.0 Å². The second-order valence-electron chi connectivity index (χ2n) is 4.54. The number of carbonyl (C=O) groups is 2. The van der Waals surface area contributed by atoms with Gasteiger partial charge in [0.05, 0.1) is 0 Å². The van der Waals surface area contributed by atoms with Crippen LogP contribution in [0.3, 0.4) is 0 Å². The number of nitrogens with one attached hydrogen (secondary N) is 2. The summed E-state index contributed by atoms with van der Waals surface area (Å²) in [5.41, 5.74) is 0. The van der Waals surface area contributed by atoms with Gasteiger partial charge in [-0.15, -0.1) is 0 Å². The third-order valence-electron chi connectivity index (χ3n) is 2.91. The van der Waals surface area contributed by atoms with Gasteiger partial charge in [0, 0.05) is 19.8 Å². The van der Waals surface area contributed by atoms with E-state index in [4.69, 9.17) is 9.84 Å². The van der Waals surface area contributed by atoms with E-state index in [2.05, 4.69) is 10.6 Å². The molecule has 19 heavy (non-hydrogen) atoms. The number of hydrogen-bond acceptors (Lipinski definition) is 3. The third kappa shape index (κ3) is 8.42. The summed E-state index contributed by atoms with van der Waals surface area (Å²) in [4.78, 5) is 22.7. The molecular weight excluding hydrogens is 248 g/mol. The van der Waals surface area contributed by atoms with Gasteiger partial charge in [0.2, 0.25) is 0 Å². The van der Waals surface area contributed by atoms with Crippen molar-refractivity contribution >= 4 is 12.0 Å². The molecule has 0 radical (unpaired) electrons. The number of ether oxygens (including phenoxy) is 1. The Morgan fingerprint density at radius 2 is 1.89 bits per heavy atom. The largest absolute Gasteiger partial charge is 0.480 e. The Kier molecular flexibility index (Phi) is 9.88. The third-order valence-corrected chi connectivity index (χ3v) is 2.91. The predicted octanol–water partition coefficient (Wildman–Crippen LogP) is 1.74. The minimum absolute atomic E-state index is 0.0958. The van der Waals surface area contributed by atoms with Crippen molar-refractivity contribution in [1.82, 2.24) is 10.6 Å². The molecule has 3 N–H and O–H groups in total. The summed E-state index contributed by atoms with van der Waals surface area (Å²) >= 11 is 0. The number of carboxylic acid groups (broad SMARTS) is 1. The van der Waals surface area contributed by atoms with Crippen LogP contribution in [0.25, 0.3) is 0 Å². The van der Waals surface area contributed by atoms with Crippen LogP contribution in [0, 0.1) is 0 Å². The SMILES string of the molecule is CCCC(CC)NC(=O)NC(CCCOC)C(=O)O. The van der Waals surface area contributed by atoms with E-state index in [1.165, 1.54) is 0 Å². The number of methoxy groups -OCH3 is 1. The molecule has 0 aliphatic heterocycles. The van der Waals surface area contributed by atoms with Crippen molar-refractivity contribution in [3.05, 3.63) is 0 Å². The molecule has 112 valence electrons. The summed E-state index contributed by atoms with van der Waals surface area (Å²) in [5.74, 6) is -1.02. The zero-order chi connectivity index (χ0) is 14.7. The van der Waals surface area contributed by atoms with E-state index in [0.717, 1.165) is 19.3 Å². The fraction of sp³-hybridized carbons (Fsp3) is 0.846. The summed E-state index contributed by atoms with van der Waals surface area (Å²) < 4.78 is 4.87. The summed E-state index contributed by atoms with van der Waals surface area (Å²) in [7, 11) is 1.56. The van der Waals surface area contributed by atoms with Gasteiger partial charge in [-0.1, -0.05) is 20.3 Å². The van der Waals surface area contributed by atoms with Crippen molar-refractivity contribution < 1.29 is 19.4 Å². The first-order valence-corrected chi connectivity index (χ1v) is 6.83. The van der Waals surface area contributed by atoms with Crippen LogP contribution in [0.5, 0.6) is 0 Å². The summed E-state index contributed by atoms with van der Waals surface area (Å²) in [6, 6.07) is -1.18. The highest BCUT2D eigenvalue weighted by atomic mass is 16.5. The maximum Gasteiger partial charge on any atom is 0.326 e. The van der Waals surface area contributed by atoms with E-state index in [0.29, 0.717) is 19.4 Å². The Hall–Kier alpha value is -1.30. The first kappa shape index (κ1) is 17.7. The van der Waals surface area contributed by atoms with Crippen molar-refractivity contribution in [3.8, 4) is 0 Å². The monoisotopic (exact) mass is 274 g/mol. The number of rotatable bonds is 10. The molecule has 0 spiro atoms. The molecule has 0 saturated carbocycles. The Morgan fingerprint density at radius 1 is 1.21 bits per heavy atom. The van der Waals surface area contributed by atoms with E-state index in [1.807, 2.05) is 13.8 Å². The summed E-state index contributed by atoms with van der Waals surface area (Å²) in [5, 5.41) is 14.3. The molecule has 0 bridgehead atoms. The fourth-order valence-corrected chi connectivity index (χ4v) is 1.80. The smallest absolute Gasteiger partial charge is 0.326 e. The highest BCUT2D eigenvalue weighted by molar-refractivity contribution is 5.82. The molecule has 0 heterocycles. The van der Waals surface area contributed by atoms with E-state index in [-0.39, 0.29) is 6.04 Å². The van der Waals surface area contributed by atoms with Gasteiger partial charge < -0.3 is 20.5 Å². The van der Waals surface area contributed by atoms with E-state index in [9.17, 15) is 9.59 Å². The lowest BCUT2D eigenvalue weighted by atomic mass is 10.1. The number of carboxylic acids is 1. The van der Waals surface area contributed by atoms with E-state index < -0.39 is 18.0 Å². The summed E-state index contributed by atoms with van der Waals surface area (Å²) in [6.07, 6.45) is 3.67. The number of aliphatic carboxylic acids is 1. The van der Waals surface area contributed by atoms with Crippen LogP contribution >= 0.6 is 0 Å². The lowest BCUT2D eigenvalue weighted by molar-refractivity contribution is -0.139. The second kappa shape index (κ2) is 10.6. The van der Waals surface area contributed by atoms with Crippen LogP contribution in [-0.4, -0.2) is 42.9 Å². The molecule has 2 amide bonds. The molecule has 2 unspecified atom stereocenters. The maximum absolute atomic E-state index is 11.7. The van der Waals surface area contributed by atoms with Crippen LogP contribution in [0.15, 0.2) is 0 Å². The Labute approximate surface area is 114 Å². The quantitative estimate of drug-likeness (QED) is 0.530. The minimum Gasteiger partial charge on any atom is -0.480 e. The molecule has 0 rings (SSSR count). The van der Waals surface area contributed by atoms with Gasteiger partial charge in [-0.25, -0.2) is 9.59 Å². The van der Waals surface area contributed by atoms with Crippen LogP contribution in [0.1, 0.15) is 46.0 Å². The molecule has 2 atom stereocenters. The average molecular weight is 274 g/mol. The Morgan fingerprint density at radius 3 is 2.37 bits per heavy atom. The van der Waals surface area contributed by atoms with Crippen LogP contribution in [0.4, 0.5) is 4.79 Å². The van der Waals surface area contributed by atoms with Gasteiger partial charge in [0.15, 0.2) is 0 Å². The highest BCUT2D eigenvalue weighted by Crippen LogP contribution is 2.02. The Balaban J connectivity index is 4.18. The number of carbonyl (C=O) groups excluding carboxylic acids is 1. The van der Waals surface area contributed by atoms with E-state index >= 15 is 0 Å². The van der Waals surface area contributed by atoms with Crippen LogP contribution in [0.2, 0.25) is 0 Å². The van der Waals surface area contributed by atoms with Crippen LogP contribution in [-0.2, 0) is 9.53 Å². The predicted molar refractivity (Wildman–Crippen MR) is 73.2 cm³/mol. The van der Waals surface area contributed by atoms with E-state index in [1.54, 1.807) is 7.11 Å². The first-order valence-electron chi connectivity index (χ1n) is 6.83. The molecule has 6 heteroatoms. The highest BCUT2D eigenvalue weighted by Gasteiger charge is 2.20. The molecule has 0 aromatic carbocycles. The van der Waals surface area contributed by atoms with Gasteiger partial charge in [-0.05, 0) is 25.7 Å². The fourth-order valence-electron chi connectivity index (χ4n) is 1.80. The Bertz CT molecular complexity index is 271. The van der Waals surface area contributed by atoms with Crippen molar-refractivity contribution in [2.45, 2.75) is 58.0 Å². The maximum atomic E-state index is 11.7. The molecule has 0 saturated heterocycles. The standard InChI is InChI=1S/C13H26N2O4/c1-4-7-10(5-2)14-13(18)15-11(12(16)17)8-6-9-19-3/h10-11H,4-9H2,1-3H3,(H,16,17)(H2,14,15,18). The van der Waals surface area contributed by atoms with Crippen LogP contribution < -0.4 is 10.6 Å². The van der Waals surface area contributed by atoms with Gasteiger partial charge in [0.1, 0.15) is 6.04 Å². The molecular formula is C13H26N2O4. The van der Waals surface area contributed by atoms with Crippen molar-refractivity contribution in [3.63, 3.8) is 0 Å². The first-order chi connectivity index (χ1) is 9.04. The van der Waals surface area contributed by atoms with Crippen molar-refractivity contribution in [2.24, 2.45) is 0 Å². The second-order valence-corrected chi connectivity index (χ2v) is 4.54. The van der Waals surface area contributed by atoms with Gasteiger partial charge in [0.25, 0.3) is 0 Å². The zero-order valence-electron chi connectivity index (χ0n) is 12.1. The molecule has 0 aromatic heterocycles. The minimum atomic E-state index is -1.02. The van der Waals surface area contributed by atoms with Gasteiger partial charge in [-0.3, -0.25) is 0 Å². The molecule has 0 aliphatic rings. The van der Waals surface area contributed by atoms with Crippen molar-refractivity contribution in [2.75, 3.05) is 13.7 Å². The zero-order valence-corrected chi connectivity index (χ0v) is 12.1. The topological polar surface area (TPSA) is 87.7 Å². The number of hydrogen-bond donors (Lipinski definition) is 3. The molecule has 0 aromatic rings. The van der Waals surface area contributed by atoms with Crippen molar-refractivity contribution in [1.29, 1.82) is 0 Å². The average Bonchev–Trinajstić information content (AvgIpc) is 2.37. The normalized spacial score (nSPS) is 13.6. The lowest BCUT2D eigenvalue weighted by Gasteiger charge is -2.19. The number of amides is 2. The number of urea groups is 1. The summed E-state index contributed by atoms with van der Waals surface area (Å²) in [6.45, 7) is 4.53. The molecule has 0 aliphatic carbocycles. The molecule has 6 nitrogen and oxygen atoms in total. The lowest BCUT2D eigenvalue weighted by Crippen LogP contribution is -2.49. The molecule has 0 fully saturated rings. The van der Waals surface area contributed by atoms with Gasteiger partial charge in [-0.2, -0.15) is 0 Å².